The van der Waals surface area contributed by atoms with Crippen molar-refractivity contribution < 1.29 is 19.8 Å². The third-order valence-corrected chi connectivity index (χ3v) is 4.42. The van der Waals surface area contributed by atoms with E-state index in [-0.39, 0.29) is 6.54 Å². The van der Waals surface area contributed by atoms with Crippen LogP contribution in [0.15, 0.2) is 42.7 Å². The van der Waals surface area contributed by atoms with E-state index in [0.717, 1.165) is 28.9 Å². The first kappa shape index (κ1) is 17.8. The number of pyridine rings is 2. The maximum absolute atomic E-state index is 11.9. The van der Waals surface area contributed by atoms with Gasteiger partial charge in [-0.1, -0.05) is 0 Å². The first-order chi connectivity index (χ1) is 12.4. The number of carbonyl (C=O) groups is 2. The summed E-state index contributed by atoms with van der Waals surface area (Å²) >= 11 is 0. The van der Waals surface area contributed by atoms with E-state index in [1.54, 1.807) is 19.4 Å². The van der Waals surface area contributed by atoms with Crippen LogP contribution in [0.25, 0.3) is 11.0 Å². The van der Waals surface area contributed by atoms with Crippen LogP contribution in [0.5, 0.6) is 0 Å². The number of aliphatic carboxylic acids is 1. The molecule has 1 atom stereocenters. The van der Waals surface area contributed by atoms with Crippen LogP contribution >= 0.6 is 0 Å². The number of aliphatic hydroxyl groups is 1. The molecule has 0 saturated carbocycles. The Kier molecular flexibility index (Phi) is 4.85. The molecule has 2 N–H and O–H groups in total. The Balaban J connectivity index is 1.72. The third kappa shape index (κ3) is 3.80. The number of likely N-dealkylation sites (N-methyl/N-ethyl adjacent to an activating group) is 1. The summed E-state index contributed by atoms with van der Waals surface area (Å²) in [7, 11) is 1.54. The highest BCUT2D eigenvalue weighted by Gasteiger charge is 2.38. The predicted molar refractivity (Wildman–Crippen MR) is 95.7 cm³/mol. The van der Waals surface area contributed by atoms with Crippen molar-refractivity contribution in [1.29, 1.82) is 0 Å². The topological polar surface area (TPSA) is 107 Å². The Morgan fingerprint density at radius 2 is 2.12 bits per heavy atom. The molecule has 0 spiro atoms. The minimum absolute atomic E-state index is 0.114. The van der Waals surface area contributed by atoms with Gasteiger partial charge in [-0.15, -0.1) is 0 Å². The van der Waals surface area contributed by atoms with Gasteiger partial charge in [-0.05, 0) is 24.6 Å². The summed E-state index contributed by atoms with van der Waals surface area (Å²) in [5.41, 5.74) is 1.37. The lowest BCUT2D eigenvalue weighted by Gasteiger charge is -2.29. The van der Waals surface area contributed by atoms with Crippen LogP contribution in [0.2, 0.25) is 0 Å². The number of hydrogen-bond donors (Lipinski definition) is 2. The van der Waals surface area contributed by atoms with Crippen molar-refractivity contribution in [3.8, 4) is 0 Å². The number of anilines is 1. The molecule has 2 aromatic heterocycles. The van der Waals surface area contributed by atoms with E-state index < -0.39 is 17.5 Å². The van der Waals surface area contributed by atoms with E-state index in [2.05, 4.69) is 9.97 Å². The Hall–Kier alpha value is -3.00. The fourth-order valence-corrected chi connectivity index (χ4v) is 3.20. The Morgan fingerprint density at radius 3 is 2.88 bits per heavy atom. The number of carboxylic acid groups (broad SMARTS) is 1. The maximum Gasteiger partial charge on any atom is 0.328 e. The first-order valence-electron chi connectivity index (χ1n) is 8.21. The molecule has 1 saturated heterocycles. The zero-order chi connectivity index (χ0) is 18.7. The number of β-amino-alcohol motifs (C(OH)–C–C–N with tert-alkyl or cyclic N) is 1. The molecular formula is C18H20N4O4. The molecule has 0 aliphatic carbocycles. The van der Waals surface area contributed by atoms with E-state index in [1.807, 2.05) is 23.1 Å². The van der Waals surface area contributed by atoms with Crippen LogP contribution in [0.3, 0.4) is 0 Å². The van der Waals surface area contributed by atoms with Crippen molar-refractivity contribution in [3.63, 3.8) is 0 Å². The number of hydrogen-bond acceptors (Lipinski definition) is 6. The van der Waals surface area contributed by atoms with Gasteiger partial charge in [0.25, 0.3) is 0 Å². The summed E-state index contributed by atoms with van der Waals surface area (Å²) in [4.78, 5) is 34.5. The molecule has 1 aliphatic heterocycles. The molecule has 1 unspecified atom stereocenters. The van der Waals surface area contributed by atoms with Gasteiger partial charge in [0.05, 0.1) is 17.7 Å². The molecule has 3 rings (SSSR count). The van der Waals surface area contributed by atoms with E-state index >= 15 is 0 Å². The largest absolute Gasteiger partial charge is 0.478 e. The highest BCUT2D eigenvalue weighted by molar-refractivity contribution is 5.93. The van der Waals surface area contributed by atoms with Gasteiger partial charge < -0.3 is 20.0 Å². The highest BCUT2D eigenvalue weighted by Crippen LogP contribution is 2.31. The quantitative estimate of drug-likeness (QED) is 0.758. The molecule has 8 heteroatoms. The Labute approximate surface area is 150 Å². The van der Waals surface area contributed by atoms with E-state index in [4.69, 9.17) is 5.11 Å². The summed E-state index contributed by atoms with van der Waals surface area (Å²) in [6.45, 7) is 1.09. The molecule has 1 fully saturated rings. The van der Waals surface area contributed by atoms with Crippen LogP contribution in [0.1, 0.15) is 6.42 Å². The minimum atomic E-state index is -1.19. The minimum Gasteiger partial charge on any atom is -0.478 e. The zero-order valence-electron chi connectivity index (χ0n) is 14.4. The van der Waals surface area contributed by atoms with Crippen molar-refractivity contribution in [1.82, 2.24) is 14.9 Å². The second-order valence-electron chi connectivity index (χ2n) is 6.46. The van der Waals surface area contributed by atoms with Crippen LogP contribution < -0.4 is 4.90 Å². The molecule has 0 radical (unpaired) electrons. The van der Waals surface area contributed by atoms with Gasteiger partial charge in [0.1, 0.15) is 11.1 Å². The third-order valence-electron chi connectivity index (χ3n) is 4.42. The van der Waals surface area contributed by atoms with E-state index in [1.165, 1.54) is 4.90 Å². The lowest BCUT2D eigenvalue weighted by atomic mass is 10.0. The van der Waals surface area contributed by atoms with Gasteiger partial charge in [-0.2, -0.15) is 0 Å². The van der Waals surface area contributed by atoms with Crippen molar-refractivity contribution >= 4 is 28.6 Å². The Morgan fingerprint density at radius 1 is 1.31 bits per heavy atom. The lowest BCUT2D eigenvalue weighted by molar-refractivity contribution is -0.132. The number of carboxylic acids is 1. The van der Waals surface area contributed by atoms with Crippen LogP contribution in [0.4, 0.5) is 5.69 Å². The summed E-state index contributed by atoms with van der Waals surface area (Å²) in [5, 5.41) is 19.5. The normalized spacial score (nSPS) is 20.0. The molecule has 0 bridgehead atoms. The molecule has 0 aromatic carbocycles. The number of rotatable bonds is 5. The number of amides is 1. The van der Waals surface area contributed by atoms with Crippen LogP contribution in [0, 0.1) is 0 Å². The average molecular weight is 356 g/mol. The van der Waals surface area contributed by atoms with Gasteiger partial charge in [-0.25, -0.2) is 4.79 Å². The second kappa shape index (κ2) is 7.09. The van der Waals surface area contributed by atoms with Crippen molar-refractivity contribution in [2.24, 2.45) is 0 Å². The maximum atomic E-state index is 11.9. The molecule has 2 aromatic rings. The van der Waals surface area contributed by atoms with Gasteiger partial charge in [0.2, 0.25) is 5.91 Å². The van der Waals surface area contributed by atoms with Crippen molar-refractivity contribution in [2.45, 2.75) is 12.0 Å². The van der Waals surface area contributed by atoms with Gasteiger partial charge in [0, 0.05) is 44.7 Å². The molecule has 26 heavy (non-hydrogen) atoms. The number of fused-ring (bicyclic) bond motifs is 1. The molecule has 3 heterocycles. The number of carbonyl (C=O) groups excluding carboxylic acids is 1. The van der Waals surface area contributed by atoms with Crippen LogP contribution in [-0.4, -0.2) is 69.2 Å². The van der Waals surface area contributed by atoms with E-state index in [9.17, 15) is 14.7 Å². The van der Waals surface area contributed by atoms with Gasteiger partial charge in [0.15, 0.2) is 0 Å². The van der Waals surface area contributed by atoms with Gasteiger partial charge >= 0.3 is 5.97 Å². The fraction of sp³-hybridized carbons (Fsp3) is 0.333. The van der Waals surface area contributed by atoms with Crippen molar-refractivity contribution in [2.75, 3.05) is 31.6 Å². The summed E-state index contributed by atoms with van der Waals surface area (Å²) in [5.74, 6) is -1.65. The fourth-order valence-electron chi connectivity index (χ4n) is 3.20. The monoisotopic (exact) mass is 356 g/mol. The summed E-state index contributed by atoms with van der Waals surface area (Å²) < 4.78 is 0. The summed E-state index contributed by atoms with van der Waals surface area (Å²) in [6, 6.07) is 5.57. The van der Waals surface area contributed by atoms with E-state index in [0.29, 0.717) is 19.5 Å². The van der Waals surface area contributed by atoms with Crippen LogP contribution in [-0.2, 0) is 9.59 Å². The smallest absolute Gasteiger partial charge is 0.328 e. The standard InChI is InChI=1S/C18H20N4O4/c1-21(15(23)4-5-16(24)25)11-18(26)7-10-22(12-18)14-6-9-19-13-3-2-8-20-17(13)14/h2-6,8-9,26H,7,10-12H2,1H3,(H,24,25)/b5-4+. The zero-order valence-corrected chi connectivity index (χ0v) is 14.4. The second-order valence-corrected chi connectivity index (χ2v) is 6.46. The number of nitrogens with zero attached hydrogens (tertiary/aromatic N) is 4. The SMILES string of the molecule is CN(CC1(O)CCN(c2ccnc3cccnc23)C1)C(=O)/C=C/C(=O)O. The lowest BCUT2D eigenvalue weighted by Crippen LogP contribution is -2.45. The predicted octanol–water partition coefficient (Wildman–Crippen LogP) is 0.670. The molecular weight excluding hydrogens is 336 g/mol. The molecule has 8 nitrogen and oxygen atoms in total. The Bertz CT molecular complexity index is 864. The molecule has 1 aliphatic rings. The summed E-state index contributed by atoms with van der Waals surface area (Å²) in [6.07, 6.45) is 5.68. The number of aromatic nitrogens is 2. The van der Waals surface area contributed by atoms with Gasteiger partial charge in [-0.3, -0.25) is 14.8 Å². The molecule has 136 valence electrons. The average Bonchev–Trinajstić information content (AvgIpc) is 3.00. The first-order valence-corrected chi connectivity index (χ1v) is 8.21. The molecule has 1 amide bonds. The highest BCUT2D eigenvalue weighted by atomic mass is 16.4. The van der Waals surface area contributed by atoms with Crippen molar-refractivity contribution in [3.05, 3.63) is 42.7 Å².